The summed E-state index contributed by atoms with van der Waals surface area (Å²) in [7, 11) is -3.03. The summed E-state index contributed by atoms with van der Waals surface area (Å²) >= 11 is 4.82. The van der Waals surface area contributed by atoms with Gasteiger partial charge in [-0.2, -0.15) is 0 Å². The fourth-order valence-corrected chi connectivity index (χ4v) is 4.02. The maximum absolute atomic E-state index is 11.3. The van der Waals surface area contributed by atoms with Crippen molar-refractivity contribution in [3.05, 3.63) is 38.6 Å². The fourth-order valence-electron chi connectivity index (χ4n) is 1.61. The van der Waals surface area contributed by atoms with Gasteiger partial charge in [0.1, 0.15) is 10.8 Å². The Morgan fingerprint density at radius 1 is 1.28 bits per heavy atom. The Labute approximate surface area is 119 Å². The number of halogens is 1. The molecule has 0 atom stereocenters. The Morgan fingerprint density at radius 3 is 2.44 bits per heavy atom. The first kappa shape index (κ1) is 13.7. The van der Waals surface area contributed by atoms with Crippen molar-refractivity contribution in [3.63, 3.8) is 0 Å². The van der Waals surface area contributed by atoms with Gasteiger partial charge < -0.3 is 0 Å². The summed E-state index contributed by atoms with van der Waals surface area (Å²) in [6, 6.07) is 7.83. The summed E-state index contributed by atoms with van der Waals surface area (Å²) in [4.78, 5) is 5.46. The highest BCUT2D eigenvalue weighted by atomic mass is 79.9. The molecule has 0 N–H and O–H groups in total. The molecule has 0 bridgehead atoms. The summed E-state index contributed by atoms with van der Waals surface area (Å²) in [5, 5.41) is 0.646. The van der Waals surface area contributed by atoms with Crippen LogP contribution in [-0.4, -0.2) is 19.7 Å². The van der Waals surface area contributed by atoms with Crippen molar-refractivity contribution in [1.29, 1.82) is 0 Å². The lowest BCUT2D eigenvalue weighted by molar-refractivity contribution is 0.601. The molecule has 0 saturated carbocycles. The van der Waals surface area contributed by atoms with E-state index in [9.17, 15) is 8.42 Å². The maximum atomic E-state index is 11.3. The van der Waals surface area contributed by atoms with Crippen LogP contribution in [0.4, 0.5) is 0 Å². The number of sulfone groups is 1. The quantitative estimate of drug-likeness (QED) is 0.856. The summed E-state index contributed by atoms with van der Waals surface area (Å²) < 4.78 is 23.5. The van der Waals surface area contributed by atoms with Gasteiger partial charge in [0.05, 0.1) is 5.69 Å². The van der Waals surface area contributed by atoms with Crippen LogP contribution in [0.5, 0.6) is 0 Å². The first-order valence-electron chi connectivity index (χ1n) is 5.25. The van der Waals surface area contributed by atoms with E-state index in [-0.39, 0.29) is 5.75 Å². The fraction of sp³-hybridized carbons (Fsp3) is 0.250. The largest absolute Gasteiger partial charge is 0.240 e. The standard InChI is InChI=1S/C12H12BrNO2S2/c1-8-12(9-3-5-10(13)6-4-9)14-11(17-8)7-18(2,15)16/h3-6H,7H2,1-2H3. The SMILES string of the molecule is Cc1sc(CS(C)(=O)=O)nc1-c1ccc(Br)cc1. The predicted octanol–water partition coefficient (Wildman–Crippen LogP) is 3.43. The third-order valence-corrected chi connectivity index (χ3v) is 4.82. The minimum Gasteiger partial charge on any atom is -0.240 e. The minimum absolute atomic E-state index is 0.00896. The van der Waals surface area contributed by atoms with Gasteiger partial charge in [-0.1, -0.05) is 28.1 Å². The molecule has 0 spiro atoms. The van der Waals surface area contributed by atoms with Crippen molar-refractivity contribution in [2.45, 2.75) is 12.7 Å². The Morgan fingerprint density at radius 2 is 1.89 bits per heavy atom. The minimum atomic E-state index is -3.03. The highest BCUT2D eigenvalue weighted by Crippen LogP contribution is 2.29. The Balaban J connectivity index is 2.38. The summed E-state index contributed by atoms with van der Waals surface area (Å²) in [6.07, 6.45) is 1.23. The lowest BCUT2D eigenvalue weighted by atomic mass is 10.1. The molecule has 0 aliphatic rings. The third-order valence-electron chi connectivity index (χ3n) is 2.34. The number of rotatable bonds is 3. The van der Waals surface area contributed by atoms with Crippen molar-refractivity contribution in [3.8, 4) is 11.3 Å². The molecule has 18 heavy (non-hydrogen) atoms. The van der Waals surface area contributed by atoms with E-state index in [2.05, 4.69) is 20.9 Å². The van der Waals surface area contributed by atoms with Crippen molar-refractivity contribution in [2.75, 3.05) is 6.26 Å². The molecule has 3 nitrogen and oxygen atoms in total. The molecule has 0 fully saturated rings. The molecule has 96 valence electrons. The van der Waals surface area contributed by atoms with Gasteiger partial charge in [0, 0.05) is 21.2 Å². The van der Waals surface area contributed by atoms with E-state index in [1.807, 2.05) is 31.2 Å². The van der Waals surface area contributed by atoms with Crippen LogP contribution < -0.4 is 0 Å². The van der Waals surface area contributed by atoms with Gasteiger partial charge in [-0.15, -0.1) is 11.3 Å². The molecule has 1 heterocycles. The molecule has 0 saturated heterocycles. The van der Waals surface area contributed by atoms with Gasteiger partial charge >= 0.3 is 0 Å². The second-order valence-electron chi connectivity index (χ2n) is 4.09. The Bertz CT molecular complexity index is 660. The predicted molar refractivity (Wildman–Crippen MR) is 78.5 cm³/mol. The number of nitrogens with zero attached hydrogens (tertiary/aromatic N) is 1. The first-order valence-corrected chi connectivity index (χ1v) is 8.92. The van der Waals surface area contributed by atoms with Crippen molar-refractivity contribution in [2.24, 2.45) is 0 Å². The molecular weight excluding hydrogens is 334 g/mol. The average molecular weight is 346 g/mol. The molecule has 2 aromatic rings. The van der Waals surface area contributed by atoms with E-state index in [0.717, 1.165) is 20.6 Å². The number of hydrogen-bond donors (Lipinski definition) is 0. The van der Waals surface area contributed by atoms with E-state index < -0.39 is 9.84 Å². The third kappa shape index (κ3) is 3.40. The van der Waals surface area contributed by atoms with Crippen molar-refractivity contribution >= 4 is 37.1 Å². The van der Waals surface area contributed by atoms with E-state index in [1.54, 1.807) is 0 Å². The number of thiazole rings is 1. The van der Waals surface area contributed by atoms with Gasteiger partial charge in [0.2, 0.25) is 0 Å². The van der Waals surface area contributed by atoms with E-state index >= 15 is 0 Å². The van der Waals surface area contributed by atoms with Gasteiger partial charge in [-0.05, 0) is 19.1 Å². The van der Waals surface area contributed by atoms with Gasteiger partial charge in [-0.25, -0.2) is 13.4 Å². The van der Waals surface area contributed by atoms with Gasteiger partial charge in [0.25, 0.3) is 0 Å². The second-order valence-corrected chi connectivity index (χ2v) is 8.43. The van der Waals surface area contributed by atoms with E-state index in [1.165, 1.54) is 17.6 Å². The molecule has 0 amide bonds. The number of hydrogen-bond acceptors (Lipinski definition) is 4. The summed E-state index contributed by atoms with van der Waals surface area (Å²) in [6.45, 7) is 1.96. The topological polar surface area (TPSA) is 47.0 Å². The molecular formula is C12H12BrNO2S2. The van der Waals surface area contributed by atoms with Crippen LogP contribution in [0.3, 0.4) is 0 Å². The molecule has 0 unspecified atom stereocenters. The summed E-state index contributed by atoms with van der Waals surface area (Å²) in [5.74, 6) is 0.00896. The average Bonchev–Trinajstić information content (AvgIpc) is 2.58. The number of benzene rings is 1. The van der Waals surface area contributed by atoms with E-state index in [4.69, 9.17) is 0 Å². The zero-order chi connectivity index (χ0) is 13.3. The monoisotopic (exact) mass is 345 g/mol. The molecule has 0 aliphatic carbocycles. The molecule has 0 radical (unpaired) electrons. The van der Waals surface area contributed by atoms with Crippen LogP contribution >= 0.6 is 27.3 Å². The lowest BCUT2D eigenvalue weighted by Gasteiger charge is -1.98. The van der Waals surface area contributed by atoms with E-state index in [0.29, 0.717) is 5.01 Å². The smallest absolute Gasteiger partial charge is 0.153 e. The number of aromatic nitrogens is 1. The normalized spacial score (nSPS) is 11.7. The van der Waals surface area contributed by atoms with Crippen molar-refractivity contribution < 1.29 is 8.42 Å². The molecule has 6 heteroatoms. The van der Waals surface area contributed by atoms with Crippen LogP contribution in [0, 0.1) is 6.92 Å². The zero-order valence-corrected chi connectivity index (χ0v) is 13.2. The molecule has 2 rings (SSSR count). The van der Waals surface area contributed by atoms with Gasteiger partial charge in [-0.3, -0.25) is 0 Å². The Hall–Kier alpha value is -0.720. The summed E-state index contributed by atoms with van der Waals surface area (Å²) in [5.41, 5.74) is 1.87. The van der Waals surface area contributed by atoms with Crippen LogP contribution in [0.25, 0.3) is 11.3 Å². The Kier molecular flexibility index (Phi) is 3.89. The van der Waals surface area contributed by atoms with Crippen molar-refractivity contribution in [1.82, 2.24) is 4.98 Å². The maximum Gasteiger partial charge on any atom is 0.153 e. The van der Waals surface area contributed by atoms with Crippen LogP contribution in [0.1, 0.15) is 9.88 Å². The molecule has 0 aliphatic heterocycles. The van der Waals surface area contributed by atoms with Gasteiger partial charge in [0.15, 0.2) is 9.84 Å². The zero-order valence-electron chi connectivity index (χ0n) is 9.97. The van der Waals surface area contributed by atoms with Crippen LogP contribution in [0.2, 0.25) is 0 Å². The van der Waals surface area contributed by atoms with Crippen LogP contribution in [0.15, 0.2) is 28.7 Å². The highest BCUT2D eigenvalue weighted by Gasteiger charge is 2.13. The lowest BCUT2D eigenvalue weighted by Crippen LogP contribution is -1.99. The second kappa shape index (κ2) is 5.11. The highest BCUT2D eigenvalue weighted by molar-refractivity contribution is 9.10. The van der Waals surface area contributed by atoms with Crippen LogP contribution in [-0.2, 0) is 15.6 Å². The first-order chi connectivity index (χ1) is 8.35. The molecule has 1 aromatic carbocycles. The molecule has 1 aromatic heterocycles. The number of aryl methyl sites for hydroxylation is 1.